The van der Waals surface area contributed by atoms with Crippen LogP contribution in [-0.2, 0) is 6.54 Å². The SMILES string of the molecule is CCC(N)C(c1ccco1)N(C)Cc1cccs1. The van der Waals surface area contributed by atoms with E-state index in [0.29, 0.717) is 0 Å². The van der Waals surface area contributed by atoms with Gasteiger partial charge >= 0.3 is 0 Å². The van der Waals surface area contributed by atoms with Crippen molar-refractivity contribution in [3.63, 3.8) is 0 Å². The Kier molecular flexibility index (Phi) is 4.58. The highest BCUT2D eigenvalue weighted by molar-refractivity contribution is 7.09. The molecule has 0 aliphatic heterocycles. The quantitative estimate of drug-likeness (QED) is 0.871. The fourth-order valence-corrected chi connectivity index (χ4v) is 2.95. The topological polar surface area (TPSA) is 42.4 Å². The summed E-state index contributed by atoms with van der Waals surface area (Å²) in [6, 6.07) is 8.37. The van der Waals surface area contributed by atoms with Crippen LogP contribution in [-0.4, -0.2) is 18.0 Å². The highest BCUT2D eigenvalue weighted by Gasteiger charge is 2.25. The molecule has 0 radical (unpaired) electrons. The first kappa shape index (κ1) is 13.3. The normalized spacial score (nSPS) is 14.9. The van der Waals surface area contributed by atoms with Crippen LogP contribution in [0.2, 0.25) is 0 Å². The molecule has 0 amide bonds. The minimum absolute atomic E-state index is 0.0844. The van der Waals surface area contributed by atoms with Crippen molar-refractivity contribution in [2.24, 2.45) is 5.73 Å². The summed E-state index contributed by atoms with van der Waals surface area (Å²) in [6.45, 7) is 3.01. The molecule has 4 heteroatoms. The average Bonchev–Trinajstić information content (AvgIpc) is 3.02. The maximum atomic E-state index is 6.24. The fourth-order valence-electron chi connectivity index (χ4n) is 2.18. The first-order chi connectivity index (χ1) is 8.72. The zero-order chi connectivity index (χ0) is 13.0. The minimum atomic E-state index is 0.0844. The van der Waals surface area contributed by atoms with Gasteiger partial charge in [-0.2, -0.15) is 0 Å². The summed E-state index contributed by atoms with van der Waals surface area (Å²) in [6.07, 6.45) is 2.64. The van der Waals surface area contributed by atoms with Crippen molar-refractivity contribution in [3.05, 3.63) is 46.5 Å². The molecule has 0 saturated heterocycles. The number of furan rings is 1. The Morgan fingerprint density at radius 1 is 1.39 bits per heavy atom. The Balaban J connectivity index is 2.13. The number of rotatable bonds is 6. The van der Waals surface area contributed by atoms with Gasteiger partial charge < -0.3 is 10.2 Å². The van der Waals surface area contributed by atoms with Crippen LogP contribution in [0.5, 0.6) is 0 Å². The summed E-state index contributed by atoms with van der Waals surface area (Å²) in [4.78, 5) is 3.61. The molecule has 2 N–H and O–H groups in total. The van der Waals surface area contributed by atoms with Gasteiger partial charge in [-0.05, 0) is 37.0 Å². The van der Waals surface area contributed by atoms with E-state index in [2.05, 4.69) is 36.4 Å². The van der Waals surface area contributed by atoms with E-state index in [1.807, 2.05) is 12.1 Å². The van der Waals surface area contributed by atoms with Gasteiger partial charge in [0.1, 0.15) is 5.76 Å². The zero-order valence-corrected chi connectivity index (χ0v) is 11.7. The number of hydrogen-bond acceptors (Lipinski definition) is 4. The largest absolute Gasteiger partial charge is 0.468 e. The third kappa shape index (κ3) is 3.02. The molecule has 0 aliphatic rings. The Bertz CT molecular complexity index is 438. The van der Waals surface area contributed by atoms with Crippen LogP contribution >= 0.6 is 11.3 Å². The predicted octanol–water partition coefficient (Wildman–Crippen LogP) is 3.25. The maximum absolute atomic E-state index is 6.24. The number of thiophene rings is 1. The molecule has 0 aliphatic carbocycles. The Morgan fingerprint density at radius 2 is 2.22 bits per heavy atom. The van der Waals surface area contributed by atoms with E-state index in [4.69, 9.17) is 10.2 Å². The highest BCUT2D eigenvalue weighted by Crippen LogP contribution is 2.26. The molecule has 0 aromatic carbocycles. The van der Waals surface area contributed by atoms with E-state index >= 15 is 0 Å². The molecule has 0 spiro atoms. The fraction of sp³-hybridized carbons (Fsp3) is 0.429. The standard InChI is InChI=1S/C14H20N2OS/c1-3-12(15)14(13-7-4-8-17-13)16(2)10-11-6-5-9-18-11/h4-9,12,14H,3,10,15H2,1-2H3. The molecule has 98 valence electrons. The molecular weight excluding hydrogens is 244 g/mol. The van der Waals surface area contributed by atoms with Crippen LogP contribution < -0.4 is 5.73 Å². The van der Waals surface area contributed by atoms with Crippen molar-refractivity contribution in [3.8, 4) is 0 Å². The highest BCUT2D eigenvalue weighted by atomic mass is 32.1. The average molecular weight is 264 g/mol. The molecular formula is C14H20N2OS. The molecule has 2 rings (SSSR count). The molecule has 2 aromatic heterocycles. The van der Waals surface area contributed by atoms with E-state index < -0.39 is 0 Å². The third-order valence-corrected chi connectivity index (χ3v) is 4.03. The van der Waals surface area contributed by atoms with Crippen LogP contribution in [0.1, 0.15) is 30.0 Å². The van der Waals surface area contributed by atoms with Crippen LogP contribution in [0, 0.1) is 0 Å². The van der Waals surface area contributed by atoms with Crippen LogP contribution in [0.25, 0.3) is 0 Å². The monoisotopic (exact) mass is 264 g/mol. The van der Waals surface area contributed by atoms with E-state index in [1.165, 1.54) is 4.88 Å². The molecule has 2 atom stereocenters. The van der Waals surface area contributed by atoms with E-state index in [-0.39, 0.29) is 12.1 Å². The molecule has 18 heavy (non-hydrogen) atoms. The van der Waals surface area contributed by atoms with Gasteiger partial charge in [-0.1, -0.05) is 13.0 Å². The van der Waals surface area contributed by atoms with Crippen molar-refractivity contribution in [1.29, 1.82) is 0 Å². The molecule has 0 fully saturated rings. The van der Waals surface area contributed by atoms with Crippen LogP contribution in [0.3, 0.4) is 0 Å². The predicted molar refractivity (Wildman–Crippen MR) is 75.5 cm³/mol. The van der Waals surface area contributed by atoms with Gasteiger partial charge in [0.15, 0.2) is 0 Å². The third-order valence-electron chi connectivity index (χ3n) is 3.17. The van der Waals surface area contributed by atoms with Gasteiger partial charge in [0.2, 0.25) is 0 Å². The molecule has 0 saturated carbocycles. The summed E-state index contributed by atoms with van der Waals surface area (Å²) >= 11 is 1.77. The van der Waals surface area contributed by atoms with Crippen molar-refractivity contribution in [1.82, 2.24) is 4.90 Å². The van der Waals surface area contributed by atoms with Gasteiger partial charge in [0.25, 0.3) is 0 Å². The summed E-state index contributed by atoms with van der Waals surface area (Å²) in [5, 5.41) is 2.10. The number of nitrogens with zero attached hydrogens (tertiary/aromatic N) is 1. The Hall–Kier alpha value is -1.10. The zero-order valence-electron chi connectivity index (χ0n) is 10.9. The van der Waals surface area contributed by atoms with Crippen molar-refractivity contribution >= 4 is 11.3 Å². The van der Waals surface area contributed by atoms with Crippen molar-refractivity contribution < 1.29 is 4.42 Å². The lowest BCUT2D eigenvalue weighted by atomic mass is 10.0. The van der Waals surface area contributed by atoms with Gasteiger partial charge in [-0.15, -0.1) is 11.3 Å². The lowest BCUT2D eigenvalue weighted by Gasteiger charge is -2.30. The summed E-state index contributed by atoms with van der Waals surface area (Å²) < 4.78 is 5.54. The Morgan fingerprint density at radius 3 is 2.78 bits per heavy atom. The van der Waals surface area contributed by atoms with E-state index in [0.717, 1.165) is 18.7 Å². The van der Waals surface area contributed by atoms with E-state index in [1.54, 1.807) is 17.6 Å². The van der Waals surface area contributed by atoms with Gasteiger partial charge in [0, 0.05) is 17.5 Å². The minimum Gasteiger partial charge on any atom is -0.468 e. The van der Waals surface area contributed by atoms with Crippen molar-refractivity contribution in [2.75, 3.05) is 7.05 Å². The van der Waals surface area contributed by atoms with Gasteiger partial charge in [0.05, 0.1) is 12.3 Å². The summed E-state index contributed by atoms with van der Waals surface area (Å²) in [5.74, 6) is 0.948. The summed E-state index contributed by atoms with van der Waals surface area (Å²) in [5.41, 5.74) is 6.24. The smallest absolute Gasteiger partial charge is 0.122 e. The second-order valence-electron chi connectivity index (χ2n) is 4.53. The number of hydrogen-bond donors (Lipinski definition) is 1. The van der Waals surface area contributed by atoms with Gasteiger partial charge in [-0.3, -0.25) is 4.90 Å². The first-order valence-corrected chi connectivity index (χ1v) is 7.12. The number of nitrogens with two attached hydrogens (primary N) is 1. The van der Waals surface area contributed by atoms with Crippen LogP contribution in [0.4, 0.5) is 0 Å². The Labute approximate surface area is 112 Å². The summed E-state index contributed by atoms with van der Waals surface area (Å²) in [7, 11) is 2.10. The molecule has 3 nitrogen and oxygen atoms in total. The van der Waals surface area contributed by atoms with Gasteiger partial charge in [-0.25, -0.2) is 0 Å². The number of likely N-dealkylation sites (N-methyl/N-ethyl adjacent to an activating group) is 1. The lowest BCUT2D eigenvalue weighted by molar-refractivity contribution is 0.177. The molecule has 2 unspecified atom stereocenters. The van der Waals surface area contributed by atoms with Crippen molar-refractivity contribution in [2.45, 2.75) is 32.0 Å². The maximum Gasteiger partial charge on any atom is 0.122 e. The molecule has 2 aromatic rings. The van der Waals surface area contributed by atoms with E-state index in [9.17, 15) is 0 Å². The second kappa shape index (κ2) is 6.18. The lowest BCUT2D eigenvalue weighted by Crippen LogP contribution is -2.38. The molecule has 0 bridgehead atoms. The second-order valence-corrected chi connectivity index (χ2v) is 5.56. The first-order valence-electron chi connectivity index (χ1n) is 6.24. The molecule has 2 heterocycles. The van der Waals surface area contributed by atoms with Crippen LogP contribution in [0.15, 0.2) is 40.3 Å².